The molecule has 0 bridgehead atoms. The topological polar surface area (TPSA) is 52.3 Å². The van der Waals surface area contributed by atoms with Gasteiger partial charge in [-0.05, 0) is 30.5 Å². The van der Waals surface area contributed by atoms with Crippen molar-refractivity contribution in [1.82, 2.24) is 0 Å². The monoisotopic (exact) mass is 221 g/mol. The maximum absolute atomic E-state index is 11.6. The first-order valence-electron chi connectivity index (χ1n) is 5.48. The fourth-order valence-corrected chi connectivity index (χ4v) is 1.33. The average molecular weight is 221 g/mol. The van der Waals surface area contributed by atoms with Crippen LogP contribution in [0.2, 0.25) is 0 Å². The van der Waals surface area contributed by atoms with E-state index in [0.717, 1.165) is 5.56 Å². The van der Waals surface area contributed by atoms with Crippen LogP contribution in [0.15, 0.2) is 24.3 Å². The number of carbonyl (C=O) groups is 1. The van der Waals surface area contributed by atoms with E-state index < -0.39 is 6.04 Å². The Morgan fingerprint density at radius 1 is 1.44 bits per heavy atom. The minimum Gasteiger partial charge on any atom is -0.486 e. The van der Waals surface area contributed by atoms with Crippen molar-refractivity contribution >= 4 is 5.78 Å². The highest BCUT2D eigenvalue weighted by Crippen LogP contribution is 2.12. The highest BCUT2D eigenvalue weighted by molar-refractivity contribution is 5.85. The van der Waals surface area contributed by atoms with E-state index in [2.05, 4.69) is 0 Å². The largest absolute Gasteiger partial charge is 0.486 e. The Kier molecular flexibility index (Phi) is 4.50. The number of hydrogen-bond donors (Lipinski definition) is 1. The van der Waals surface area contributed by atoms with E-state index in [9.17, 15) is 4.79 Å². The van der Waals surface area contributed by atoms with E-state index in [1.165, 1.54) is 0 Å². The van der Waals surface area contributed by atoms with Crippen molar-refractivity contribution in [1.29, 1.82) is 0 Å². The standard InChI is InChI=1S/C13H19NO2/c1-9(2)13(14)12(15)8-16-11-6-4-5-10(3)7-11/h4-7,9,13H,8,14H2,1-3H3. The van der Waals surface area contributed by atoms with Gasteiger partial charge in [0.15, 0.2) is 5.78 Å². The quantitative estimate of drug-likeness (QED) is 0.826. The third kappa shape index (κ3) is 3.66. The lowest BCUT2D eigenvalue weighted by Crippen LogP contribution is -2.38. The van der Waals surface area contributed by atoms with Crippen molar-refractivity contribution in [3.63, 3.8) is 0 Å². The summed E-state index contributed by atoms with van der Waals surface area (Å²) in [6.45, 7) is 5.88. The normalized spacial score (nSPS) is 12.6. The van der Waals surface area contributed by atoms with Gasteiger partial charge in [-0.15, -0.1) is 0 Å². The number of rotatable bonds is 5. The van der Waals surface area contributed by atoms with Gasteiger partial charge in [-0.3, -0.25) is 4.79 Å². The van der Waals surface area contributed by atoms with Crippen molar-refractivity contribution in [3.05, 3.63) is 29.8 Å². The van der Waals surface area contributed by atoms with E-state index in [-0.39, 0.29) is 18.3 Å². The number of ketones is 1. The molecule has 0 fully saturated rings. The van der Waals surface area contributed by atoms with Crippen LogP contribution < -0.4 is 10.5 Å². The molecule has 1 aromatic carbocycles. The van der Waals surface area contributed by atoms with Gasteiger partial charge in [-0.2, -0.15) is 0 Å². The molecule has 0 heterocycles. The molecule has 0 aliphatic carbocycles. The van der Waals surface area contributed by atoms with Gasteiger partial charge in [-0.1, -0.05) is 26.0 Å². The first-order valence-corrected chi connectivity index (χ1v) is 5.48. The first kappa shape index (κ1) is 12.7. The summed E-state index contributed by atoms with van der Waals surface area (Å²) in [5, 5.41) is 0. The van der Waals surface area contributed by atoms with Crippen LogP contribution in [-0.2, 0) is 4.79 Å². The molecule has 0 spiro atoms. The van der Waals surface area contributed by atoms with Crippen molar-refractivity contribution in [2.24, 2.45) is 11.7 Å². The molecule has 0 radical (unpaired) electrons. The number of Topliss-reactive ketones (excluding diaryl/α,β-unsaturated/α-hetero) is 1. The van der Waals surface area contributed by atoms with Crippen LogP contribution in [-0.4, -0.2) is 18.4 Å². The van der Waals surface area contributed by atoms with Gasteiger partial charge in [0, 0.05) is 0 Å². The Labute approximate surface area is 96.6 Å². The molecule has 0 aromatic heterocycles. The average Bonchev–Trinajstić information content (AvgIpc) is 2.24. The van der Waals surface area contributed by atoms with Crippen LogP contribution in [0.25, 0.3) is 0 Å². The Morgan fingerprint density at radius 2 is 2.12 bits per heavy atom. The van der Waals surface area contributed by atoms with E-state index in [0.29, 0.717) is 5.75 Å². The number of aryl methyl sites for hydroxylation is 1. The molecule has 88 valence electrons. The first-order chi connectivity index (χ1) is 7.50. The Hall–Kier alpha value is -1.35. The van der Waals surface area contributed by atoms with E-state index in [1.807, 2.05) is 45.0 Å². The second-order valence-electron chi connectivity index (χ2n) is 4.34. The predicted octanol–water partition coefficient (Wildman–Crippen LogP) is 1.93. The van der Waals surface area contributed by atoms with Gasteiger partial charge in [0.1, 0.15) is 12.4 Å². The zero-order chi connectivity index (χ0) is 12.1. The summed E-state index contributed by atoms with van der Waals surface area (Å²) in [5.74, 6) is 0.800. The molecule has 1 aromatic rings. The molecular weight excluding hydrogens is 202 g/mol. The molecule has 0 aliphatic heterocycles. The van der Waals surface area contributed by atoms with Crippen molar-refractivity contribution in [2.75, 3.05) is 6.61 Å². The number of ether oxygens (including phenoxy) is 1. The molecule has 3 heteroatoms. The van der Waals surface area contributed by atoms with Crippen LogP contribution in [0, 0.1) is 12.8 Å². The van der Waals surface area contributed by atoms with Crippen LogP contribution in [0.5, 0.6) is 5.75 Å². The Bertz CT molecular complexity index is 361. The second-order valence-corrected chi connectivity index (χ2v) is 4.34. The molecule has 1 rings (SSSR count). The molecule has 16 heavy (non-hydrogen) atoms. The van der Waals surface area contributed by atoms with Crippen molar-refractivity contribution in [3.8, 4) is 5.75 Å². The lowest BCUT2D eigenvalue weighted by molar-refractivity contribution is -0.123. The lowest BCUT2D eigenvalue weighted by Gasteiger charge is -2.14. The summed E-state index contributed by atoms with van der Waals surface area (Å²) in [6, 6.07) is 7.17. The van der Waals surface area contributed by atoms with Gasteiger partial charge in [-0.25, -0.2) is 0 Å². The smallest absolute Gasteiger partial charge is 0.187 e. The molecular formula is C13H19NO2. The molecule has 0 aliphatic rings. The fraction of sp³-hybridized carbons (Fsp3) is 0.462. The zero-order valence-electron chi connectivity index (χ0n) is 10.1. The lowest BCUT2D eigenvalue weighted by atomic mass is 10.0. The number of benzene rings is 1. The highest BCUT2D eigenvalue weighted by Gasteiger charge is 2.17. The van der Waals surface area contributed by atoms with E-state index in [4.69, 9.17) is 10.5 Å². The van der Waals surface area contributed by atoms with Crippen LogP contribution in [0.4, 0.5) is 0 Å². The second kappa shape index (κ2) is 5.66. The number of hydrogen-bond acceptors (Lipinski definition) is 3. The molecule has 1 atom stereocenters. The molecule has 3 nitrogen and oxygen atoms in total. The van der Waals surface area contributed by atoms with Crippen LogP contribution in [0.1, 0.15) is 19.4 Å². The minimum absolute atomic E-state index is 0.0444. The van der Waals surface area contributed by atoms with E-state index in [1.54, 1.807) is 0 Å². The van der Waals surface area contributed by atoms with E-state index >= 15 is 0 Å². The maximum Gasteiger partial charge on any atom is 0.187 e. The maximum atomic E-state index is 11.6. The number of carbonyl (C=O) groups excluding carboxylic acids is 1. The molecule has 2 N–H and O–H groups in total. The summed E-state index contributed by atoms with van der Waals surface area (Å²) >= 11 is 0. The van der Waals surface area contributed by atoms with Gasteiger partial charge in [0.2, 0.25) is 0 Å². The summed E-state index contributed by atoms with van der Waals surface area (Å²) in [6.07, 6.45) is 0. The predicted molar refractivity (Wildman–Crippen MR) is 64.5 cm³/mol. The van der Waals surface area contributed by atoms with Crippen LogP contribution >= 0.6 is 0 Å². The van der Waals surface area contributed by atoms with Gasteiger partial charge in [0.05, 0.1) is 6.04 Å². The SMILES string of the molecule is Cc1cccc(OCC(=O)C(N)C(C)C)c1. The third-order valence-electron chi connectivity index (χ3n) is 2.46. The zero-order valence-corrected chi connectivity index (χ0v) is 10.1. The number of nitrogens with two attached hydrogens (primary N) is 1. The third-order valence-corrected chi connectivity index (χ3v) is 2.46. The van der Waals surface area contributed by atoms with Crippen LogP contribution in [0.3, 0.4) is 0 Å². The van der Waals surface area contributed by atoms with Gasteiger partial charge in [0.25, 0.3) is 0 Å². The Balaban J connectivity index is 2.49. The Morgan fingerprint density at radius 3 is 2.69 bits per heavy atom. The van der Waals surface area contributed by atoms with Crippen molar-refractivity contribution in [2.45, 2.75) is 26.8 Å². The van der Waals surface area contributed by atoms with Crippen molar-refractivity contribution < 1.29 is 9.53 Å². The molecule has 0 saturated carbocycles. The van der Waals surface area contributed by atoms with Gasteiger partial charge >= 0.3 is 0 Å². The minimum atomic E-state index is -0.440. The molecule has 0 saturated heterocycles. The fourth-order valence-electron chi connectivity index (χ4n) is 1.33. The highest BCUT2D eigenvalue weighted by atomic mass is 16.5. The molecule has 0 amide bonds. The summed E-state index contributed by atoms with van der Waals surface area (Å²) in [4.78, 5) is 11.6. The summed E-state index contributed by atoms with van der Waals surface area (Å²) in [7, 11) is 0. The summed E-state index contributed by atoms with van der Waals surface area (Å²) < 4.78 is 5.39. The molecule has 1 unspecified atom stereocenters. The summed E-state index contributed by atoms with van der Waals surface area (Å²) in [5.41, 5.74) is 6.83. The van der Waals surface area contributed by atoms with Gasteiger partial charge < -0.3 is 10.5 Å².